The number of rotatable bonds is 6. The van der Waals surface area contributed by atoms with Crippen molar-refractivity contribution in [3.8, 4) is 0 Å². The Bertz CT molecular complexity index is 886. The number of nitrogens with one attached hydrogen (secondary N) is 2. The third-order valence-electron chi connectivity index (χ3n) is 5.25. The number of benzene rings is 1. The number of carbonyl (C=O) groups is 2. The van der Waals surface area contributed by atoms with E-state index in [9.17, 15) is 9.59 Å². The van der Waals surface area contributed by atoms with E-state index in [1.54, 1.807) is 16.7 Å². The molecule has 0 bridgehead atoms. The first-order chi connectivity index (χ1) is 13.4. The molecule has 148 valence electrons. The highest BCUT2D eigenvalue weighted by atomic mass is 32.2. The molecule has 2 aliphatic rings. The van der Waals surface area contributed by atoms with Crippen molar-refractivity contribution in [2.75, 3.05) is 6.54 Å². The molecule has 2 aromatic rings. The first-order valence-corrected chi connectivity index (χ1v) is 10.1. The van der Waals surface area contributed by atoms with E-state index < -0.39 is 6.04 Å². The zero-order chi connectivity index (χ0) is 19.9. The zero-order valence-corrected chi connectivity index (χ0v) is 16.6. The van der Waals surface area contributed by atoms with Crippen LogP contribution in [-0.4, -0.2) is 60.0 Å². The molecule has 1 aromatic carbocycles. The number of carbonyl (C=O) groups excluding carboxylic acids is 2. The second kappa shape index (κ2) is 7.17. The van der Waals surface area contributed by atoms with Gasteiger partial charge in [-0.3, -0.25) is 9.59 Å². The minimum atomic E-state index is -0.532. The van der Waals surface area contributed by atoms with Crippen LogP contribution in [0.2, 0.25) is 0 Å². The second-order valence-corrected chi connectivity index (χ2v) is 9.33. The van der Waals surface area contributed by atoms with Gasteiger partial charge in [-0.05, 0) is 37.9 Å². The van der Waals surface area contributed by atoms with Crippen molar-refractivity contribution in [2.24, 2.45) is 5.73 Å². The number of fused-ring (bicyclic) bond motifs is 1. The molecule has 28 heavy (non-hydrogen) atoms. The molecule has 9 nitrogen and oxygen atoms in total. The molecule has 10 heteroatoms. The van der Waals surface area contributed by atoms with Crippen molar-refractivity contribution in [1.82, 2.24) is 30.8 Å². The highest BCUT2D eigenvalue weighted by molar-refractivity contribution is 8.01. The smallest absolute Gasteiger partial charge is 0.249 e. The number of aromatic amines is 1. The van der Waals surface area contributed by atoms with Crippen LogP contribution in [0, 0.1) is 0 Å². The minimum absolute atomic E-state index is 0.110. The molecule has 4 rings (SSSR count). The van der Waals surface area contributed by atoms with Crippen molar-refractivity contribution in [3.05, 3.63) is 41.2 Å². The van der Waals surface area contributed by atoms with Gasteiger partial charge in [0.05, 0.1) is 6.42 Å². The number of amides is 2. The highest BCUT2D eigenvalue weighted by Gasteiger charge is 2.63. The summed E-state index contributed by atoms with van der Waals surface area (Å²) >= 11 is 1.65. The third-order valence-corrected chi connectivity index (χ3v) is 6.82. The number of aromatic nitrogens is 4. The summed E-state index contributed by atoms with van der Waals surface area (Å²) < 4.78 is -0.280. The van der Waals surface area contributed by atoms with Crippen LogP contribution in [0.5, 0.6) is 0 Å². The van der Waals surface area contributed by atoms with E-state index in [4.69, 9.17) is 5.73 Å². The van der Waals surface area contributed by atoms with E-state index in [1.807, 2.05) is 38.1 Å². The fourth-order valence-corrected chi connectivity index (χ4v) is 5.61. The standard InChI is InChI=1S/C18H23N7O2S/c1-18(2)14(15-21-23-24-22-15)25-16(27)13(17(25)28-18)20-12(26)9-11-6-4-3-5-10(11)7-8-19/h3-6,13-14,17H,7-9,19H2,1-2H3,(H,20,26)(H,21,22,23,24). The van der Waals surface area contributed by atoms with Crippen LogP contribution < -0.4 is 11.1 Å². The quantitative estimate of drug-likeness (QED) is 0.588. The Balaban J connectivity index is 1.45. The zero-order valence-electron chi connectivity index (χ0n) is 15.8. The molecule has 2 aliphatic heterocycles. The number of nitrogens with two attached hydrogens (primary N) is 1. The molecule has 3 heterocycles. The van der Waals surface area contributed by atoms with E-state index in [-0.39, 0.29) is 34.4 Å². The molecule has 3 unspecified atom stereocenters. The third kappa shape index (κ3) is 3.16. The average Bonchev–Trinajstić information content (AvgIpc) is 3.26. The highest BCUT2D eigenvalue weighted by Crippen LogP contribution is 2.56. The Morgan fingerprint density at radius 2 is 2.11 bits per heavy atom. The number of tetrazole rings is 1. The largest absolute Gasteiger partial charge is 0.341 e. The number of β-lactam (4-membered cyclic amide) rings is 1. The lowest BCUT2D eigenvalue weighted by Crippen LogP contribution is -2.68. The molecular weight excluding hydrogens is 378 g/mol. The Morgan fingerprint density at radius 3 is 2.79 bits per heavy atom. The summed E-state index contributed by atoms with van der Waals surface area (Å²) in [5.74, 6) is 0.221. The molecule has 0 spiro atoms. The number of hydrogen-bond donors (Lipinski definition) is 3. The van der Waals surface area contributed by atoms with Crippen LogP contribution >= 0.6 is 11.8 Å². The summed E-state index contributed by atoms with van der Waals surface area (Å²) in [6, 6.07) is 6.96. The molecule has 3 atom stereocenters. The van der Waals surface area contributed by atoms with E-state index >= 15 is 0 Å². The Kier molecular flexibility index (Phi) is 4.84. The van der Waals surface area contributed by atoms with Crippen molar-refractivity contribution in [2.45, 2.75) is 48.9 Å². The fourth-order valence-electron chi connectivity index (χ4n) is 3.98. The van der Waals surface area contributed by atoms with Gasteiger partial charge in [0.25, 0.3) is 0 Å². The van der Waals surface area contributed by atoms with Crippen molar-refractivity contribution in [3.63, 3.8) is 0 Å². The maximum Gasteiger partial charge on any atom is 0.249 e. The average molecular weight is 401 g/mol. The SMILES string of the molecule is CC1(C)SC2C(NC(=O)Cc3ccccc3CCN)C(=O)N2C1c1nn[nH]n1. The number of hydrogen-bond acceptors (Lipinski definition) is 7. The summed E-state index contributed by atoms with van der Waals surface area (Å²) in [5.41, 5.74) is 7.66. The second-order valence-electron chi connectivity index (χ2n) is 7.56. The summed E-state index contributed by atoms with van der Waals surface area (Å²) in [5, 5.41) is 17.0. The van der Waals surface area contributed by atoms with Gasteiger partial charge >= 0.3 is 0 Å². The van der Waals surface area contributed by atoms with Gasteiger partial charge in [-0.25, -0.2) is 0 Å². The van der Waals surface area contributed by atoms with Crippen LogP contribution in [0.15, 0.2) is 24.3 Å². The lowest BCUT2D eigenvalue weighted by molar-refractivity contribution is -0.151. The number of nitrogens with zero attached hydrogens (tertiary/aromatic N) is 4. The lowest BCUT2D eigenvalue weighted by Gasteiger charge is -2.44. The number of H-pyrrole nitrogens is 1. The molecule has 2 fully saturated rings. The van der Waals surface area contributed by atoms with Crippen molar-refractivity contribution >= 4 is 23.6 Å². The van der Waals surface area contributed by atoms with Gasteiger partial charge in [-0.15, -0.1) is 22.0 Å². The minimum Gasteiger partial charge on any atom is -0.341 e. The van der Waals surface area contributed by atoms with Gasteiger partial charge in [0.1, 0.15) is 17.5 Å². The molecule has 1 aromatic heterocycles. The van der Waals surface area contributed by atoms with Crippen LogP contribution in [0.25, 0.3) is 0 Å². The lowest BCUT2D eigenvalue weighted by atomic mass is 9.95. The predicted molar refractivity (Wildman–Crippen MR) is 104 cm³/mol. The van der Waals surface area contributed by atoms with Gasteiger partial charge in [0.15, 0.2) is 5.82 Å². The molecule has 0 aliphatic carbocycles. The summed E-state index contributed by atoms with van der Waals surface area (Å²) in [7, 11) is 0. The topological polar surface area (TPSA) is 130 Å². The molecule has 2 amide bonds. The van der Waals surface area contributed by atoms with E-state index in [0.29, 0.717) is 12.4 Å². The summed E-state index contributed by atoms with van der Waals surface area (Å²) in [4.78, 5) is 27.2. The van der Waals surface area contributed by atoms with Crippen LogP contribution in [0.3, 0.4) is 0 Å². The van der Waals surface area contributed by atoms with Crippen molar-refractivity contribution in [1.29, 1.82) is 0 Å². The van der Waals surface area contributed by atoms with E-state index in [2.05, 4.69) is 25.9 Å². The van der Waals surface area contributed by atoms with Gasteiger partial charge in [0, 0.05) is 4.75 Å². The van der Waals surface area contributed by atoms with Crippen LogP contribution in [0.1, 0.15) is 36.8 Å². The number of thioether (sulfide) groups is 1. The summed E-state index contributed by atoms with van der Waals surface area (Å²) in [6.45, 7) is 4.62. The molecule has 0 radical (unpaired) electrons. The molecule has 2 saturated heterocycles. The molecule has 4 N–H and O–H groups in total. The summed E-state index contributed by atoms with van der Waals surface area (Å²) in [6.07, 6.45) is 0.952. The van der Waals surface area contributed by atoms with Gasteiger partial charge in [0.2, 0.25) is 11.8 Å². The van der Waals surface area contributed by atoms with Gasteiger partial charge in [-0.1, -0.05) is 29.5 Å². The van der Waals surface area contributed by atoms with E-state index in [0.717, 1.165) is 17.5 Å². The van der Waals surface area contributed by atoms with Crippen LogP contribution in [0.4, 0.5) is 0 Å². The normalized spacial score (nSPS) is 25.3. The van der Waals surface area contributed by atoms with Crippen molar-refractivity contribution < 1.29 is 9.59 Å². The monoisotopic (exact) mass is 401 g/mol. The Labute approximate surface area is 166 Å². The maximum absolute atomic E-state index is 12.8. The first kappa shape index (κ1) is 18.9. The fraction of sp³-hybridized carbons (Fsp3) is 0.500. The predicted octanol–water partition coefficient (Wildman–Crippen LogP) is 0.163. The molecule has 0 saturated carbocycles. The Hall–Kier alpha value is -2.46. The van der Waals surface area contributed by atoms with Gasteiger partial charge in [-0.2, -0.15) is 5.21 Å². The Morgan fingerprint density at radius 1 is 1.36 bits per heavy atom. The first-order valence-electron chi connectivity index (χ1n) is 9.22. The van der Waals surface area contributed by atoms with Gasteiger partial charge < -0.3 is 16.0 Å². The van der Waals surface area contributed by atoms with Crippen LogP contribution in [-0.2, 0) is 22.4 Å². The van der Waals surface area contributed by atoms with E-state index in [1.165, 1.54) is 0 Å². The molecular formula is C18H23N7O2S. The maximum atomic E-state index is 12.8.